The molecule has 144 valence electrons. The van der Waals surface area contributed by atoms with Crippen molar-refractivity contribution in [3.63, 3.8) is 0 Å². The van der Waals surface area contributed by atoms with Gasteiger partial charge in [-0.15, -0.1) is 0 Å². The van der Waals surface area contributed by atoms with Crippen LogP contribution in [0.4, 0.5) is 0 Å². The zero-order valence-electron chi connectivity index (χ0n) is 16.3. The second-order valence-electron chi connectivity index (χ2n) is 8.08. The molecule has 0 saturated heterocycles. The molecule has 4 nitrogen and oxygen atoms in total. The van der Waals surface area contributed by atoms with Crippen molar-refractivity contribution in [1.29, 1.82) is 0 Å². The van der Waals surface area contributed by atoms with Crippen LogP contribution in [0.5, 0.6) is 0 Å². The summed E-state index contributed by atoms with van der Waals surface area (Å²) in [6, 6.07) is 25.2. The number of fused-ring (bicyclic) bond motifs is 12. The first-order valence-electron chi connectivity index (χ1n) is 10.3. The first-order chi connectivity index (χ1) is 15.3. The molecule has 4 heteroatoms. The number of benzene rings is 4. The summed E-state index contributed by atoms with van der Waals surface area (Å²) >= 11 is 0. The van der Waals surface area contributed by atoms with Gasteiger partial charge in [-0.25, -0.2) is 4.98 Å². The minimum atomic E-state index is 0.865. The van der Waals surface area contributed by atoms with Gasteiger partial charge in [0.25, 0.3) is 0 Å². The van der Waals surface area contributed by atoms with Crippen LogP contribution < -0.4 is 0 Å². The molecule has 4 aromatic heterocycles. The summed E-state index contributed by atoms with van der Waals surface area (Å²) in [5, 5.41) is 7.86. The molecule has 8 rings (SSSR count). The Hall–Kier alpha value is -4.31. The van der Waals surface area contributed by atoms with Gasteiger partial charge in [-0.1, -0.05) is 42.5 Å². The average molecular weight is 398 g/mol. The van der Waals surface area contributed by atoms with Gasteiger partial charge in [0.05, 0.1) is 5.52 Å². The van der Waals surface area contributed by atoms with E-state index in [1.807, 2.05) is 30.6 Å². The Bertz CT molecular complexity index is 2000. The van der Waals surface area contributed by atoms with Crippen molar-refractivity contribution in [3.05, 3.63) is 85.2 Å². The molecule has 0 N–H and O–H groups in total. The molecule has 0 atom stereocenters. The maximum absolute atomic E-state index is 6.35. The predicted molar refractivity (Wildman–Crippen MR) is 125 cm³/mol. The summed E-state index contributed by atoms with van der Waals surface area (Å²) in [7, 11) is 0. The Morgan fingerprint density at radius 1 is 0.548 bits per heavy atom. The minimum Gasteiger partial charge on any atom is -0.456 e. The molecule has 4 aromatic carbocycles. The molecule has 0 saturated carbocycles. The van der Waals surface area contributed by atoms with Gasteiger partial charge >= 0.3 is 0 Å². The summed E-state index contributed by atoms with van der Waals surface area (Å²) in [5.74, 6) is 0. The van der Waals surface area contributed by atoms with E-state index in [1.165, 1.54) is 10.8 Å². The van der Waals surface area contributed by atoms with Crippen molar-refractivity contribution < 1.29 is 8.83 Å². The summed E-state index contributed by atoms with van der Waals surface area (Å²) < 4.78 is 14.6. The van der Waals surface area contributed by atoms with Gasteiger partial charge < -0.3 is 8.83 Å². The third-order valence-corrected chi connectivity index (χ3v) is 6.45. The Kier molecular flexibility index (Phi) is 2.62. The number of pyridine rings is 1. The third-order valence-electron chi connectivity index (χ3n) is 6.45. The lowest BCUT2D eigenvalue weighted by Crippen LogP contribution is -1.90. The second kappa shape index (κ2) is 5.24. The van der Waals surface area contributed by atoms with E-state index in [0.29, 0.717) is 0 Å². The molecule has 31 heavy (non-hydrogen) atoms. The maximum atomic E-state index is 6.35. The first-order valence-corrected chi connectivity index (χ1v) is 10.3. The Morgan fingerprint density at radius 2 is 1.19 bits per heavy atom. The van der Waals surface area contributed by atoms with E-state index < -0.39 is 0 Å². The lowest BCUT2D eigenvalue weighted by atomic mass is 10.0. The number of hydrogen-bond acceptors (Lipinski definition) is 3. The van der Waals surface area contributed by atoms with Gasteiger partial charge in [-0.05, 0) is 29.7 Å². The molecule has 0 unspecified atom stereocenters. The molecular formula is C27H14N2O2. The predicted octanol–water partition coefficient (Wildman–Crippen LogP) is 7.44. The third kappa shape index (κ3) is 1.87. The van der Waals surface area contributed by atoms with Gasteiger partial charge in [0, 0.05) is 50.8 Å². The van der Waals surface area contributed by atoms with Crippen LogP contribution in [0, 0.1) is 0 Å². The summed E-state index contributed by atoms with van der Waals surface area (Å²) in [4.78, 5) is 4.60. The molecule has 0 spiro atoms. The summed E-state index contributed by atoms with van der Waals surface area (Å²) in [5.41, 5.74) is 5.56. The normalized spacial score (nSPS) is 12.5. The standard InChI is InChI=1S/C27H14N2O2/c1-2-7-17-15(5-1)18-11-19-21-13-24-20(16-6-3-4-8-23(16)30-24)12-25(21)31-26(19)14-22(18)29-10-9-28-27(17)29/h1-14H. The fourth-order valence-electron chi connectivity index (χ4n) is 5.05. The highest BCUT2D eigenvalue weighted by Gasteiger charge is 2.16. The highest BCUT2D eigenvalue weighted by molar-refractivity contribution is 6.20. The van der Waals surface area contributed by atoms with E-state index in [4.69, 9.17) is 8.83 Å². The van der Waals surface area contributed by atoms with Gasteiger partial charge in [-0.3, -0.25) is 4.40 Å². The second-order valence-corrected chi connectivity index (χ2v) is 8.08. The van der Waals surface area contributed by atoms with Crippen LogP contribution in [0.25, 0.3) is 71.2 Å². The van der Waals surface area contributed by atoms with Crippen LogP contribution in [-0.2, 0) is 0 Å². The van der Waals surface area contributed by atoms with Crippen molar-refractivity contribution in [1.82, 2.24) is 9.38 Å². The highest BCUT2D eigenvalue weighted by Crippen LogP contribution is 2.39. The minimum absolute atomic E-state index is 0.865. The fraction of sp³-hybridized carbons (Fsp3) is 0. The van der Waals surface area contributed by atoms with Crippen molar-refractivity contribution in [2.24, 2.45) is 0 Å². The molecule has 0 aliphatic carbocycles. The fourth-order valence-corrected chi connectivity index (χ4v) is 5.05. The number of hydrogen-bond donors (Lipinski definition) is 0. The lowest BCUT2D eigenvalue weighted by molar-refractivity contribution is 0.664. The number of furan rings is 2. The topological polar surface area (TPSA) is 43.6 Å². The molecule has 0 fully saturated rings. The van der Waals surface area contributed by atoms with Gasteiger partial charge in [-0.2, -0.15) is 0 Å². The van der Waals surface area contributed by atoms with Crippen molar-refractivity contribution >= 4 is 71.2 Å². The quantitative estimate of drug-likeness (QED) is 0.249. The number of imidazole rings is 1. The highest BCUT2D eigenvalue weighted by atomic mass is 16.3. The van der Waals surface area contributed by atoms with E-state index >= 15 is 0 Å². The van der Waals surface area contributed by atoms with E-state index in [9.17, 15) is 0 Å². The van der Waals surface area contributed by atoms with E-state index in [-0.39, 0.29) is 0 Å². The van der Waals surface area contributed by atoms with Crippen LogP contribution in [0.1, 0.15) is 0 Å². The van der Waals surface area contributed by atoms with Crippen LogP contribution >= 0.6 is 0 Å². The monoisotopic (exact) mass is 398 g/mol. The molecular weight excluding hydrogens is 384 g/mol. The lowest BCUT2D eigenvalue weighted by Gasteiger charge is -2.08. The number of nitrogens with zero attached hydrogens (tertiary/aromatic N) is 2. The Balaban J connectivity index is 1.58. The Labute approximate surface area is 174 Å². The zero-order chi connectivity index (χ0) is 20.1. The van der Waals surface area contributed by atoms with E-state index in [2.05, 4.69) is 64.0 Å². The number of aromatic nitrogens is 2. The van der Waals surface area contributed by atoms with Crippen LogP contribution in [0.15, 0.2) is 94.0 Å². The average Bonchev–Trinajstić information content (AvgIpc) is 3.51. The first kappa shape index (κ1) is 15.5. The van der Waals surface area contributed by atoms with Crippen molar-refractivity contribution in [2.75, 3.05) is 0 Å². The Morgan fingerprint density at radius 3 is 2.06 bits per heavy atom. The van der Waals surface area contributed by atoms with E-state index in [0.717, 1.165) is 60.4 Å². The molecule has 0 aliphatic rings. The van der Waals surface area contributed by atoms with Crippen LogP contribution in [0.2, 0.25) is 0 Å². The SMILES string of the molecule is c1ccc2c(c1)oc1cc3c(cc12)oc1cc2c(cc13)c1ccccc1c1nccn21. The van der Waals surface area contributed by atoms with Crippen LogP contribution in [-0.4, -0.2) is 9.38 Å². The smallest absolute Gasteiger partial charge is 0.145 e. The summed E-state index contributed by atoms with van der Waals surface area (Å²) in [6.45, 7) is 0. The van der Waals surface area contributed by atoms with Crippen molar-refractivity contribution in [3.8, 4) is 0 Å². The van der Waals surface area contributed by atoms with E-state index in [1.54, 1.807) is 0 Å². The molecule has 0 amide bonds. The van der Waals surface area contributed by atoms with Crippen molar-refractivity contribution in [2.45, 2.75) is 0 Å². The van der Waals surface area contributed by atoms with Crippen LogP contribution in [0.3, 0.4) is 0 Å². The van der Waals surface area contributed by atoms with Gasteiger partial charge in [0.1, 0.15) is 28.0 Å². The molecule has 0 radical (unpaired) electrons. The number of rotatable bonds is 0. The molecule has 4 heterocycles. The van der Waals surface area contributed by atoms with Gasteiger partial charge in [0.15, 0.2) is 0 Å². The maximum Gasteiger partial charge on any atom is 0.145 e. The van der Waals surface area contributed by atoms with Gasteiger partial charge in [0.2, 0.25) is 0 Å². The molecule has 0 aliphatic heterocycles. The number of para-hydroxylation sites is 1. The largest absolute Gasteiger partial charge is 0.456 e. The summed E-state index contributed by atoms with van der Waals surface area (Å²) in [6.07, 6.45) is 3.86. The molecule has 0 bridgehead atoms. The zero-order valence-corrected chi connectivity index (χ0v) is 16.3. The molecule has 8 aromatic rings.